The molecule has 0 radical (unpaired) electrons. The molecule has 0 saturated carbocycles. The van der Waals surface area contributed by atoms with Crippen molar-refractivity contribution < 1.29 is 17.6 Å². The Bertz CT molecular complexity index is 1530. The second kappa shape index (κ2) is 11.0. The third-order valence-corrected chi connectivity index (χ3v) is 8.95. The molecule has 0 saturated heterocycles. The Hall–Kier alpha value is -3.63. The molecule has 1 N–H and O–H groups in total. The Morgan fingerprint density at radius 3 is 2.50 bits per heavy atom. The van der Waals surface area contributed by atoms with Crippen LogP contribution in [-0.2, 0) is 22.9 Å². The molecule has 2 heterocycles. The molecule has 8 nitrogen and oxygen atoms in total. The Kier molecular flexibility index (Phi) is 7.53. The minimum absolute atomic E-state index is 0.0152. The zero-order valence-electron chi connectivity index (χ0n) is 21.1. The van der Waals surface area contributed by atoms with E-state index in [-0.39, 0.29) is 16.5 Å². The number of anilines is 2. The van der Waals surface area contributed by atoms with Gasteiger partial charge in [-0.15, -0.1) is 16.9 Å². The van der Waals surface area contributed by atoms with Crippen LogP contribution in [0, 0.1) is 0 Å². The predicted molar refractivity (Wildman–Crippen MR) is 148 cm³/mol. The highest BCUT2D eigenvalue weighted by Gasteiger charge is 2.29. The standard InChI is InChI=1S/C28H28N4O4S2/c1-19(2)37-23-13-9-20(10-14-23)18-26-30-31-28(36-26)29-27(33)22-11-15-24(16-12-22)38(34,35)32-17-5-7-21-6-3-4-8-25(21)32/h3-4,6,8-16,19H,5,7,17-18H2,1-2H3,(H,29,31,33). The molecule has 1 aromatic heterocycles. The zero-order chi connectivity index (χ0) is 26.7. The van der Waals surface area contributed by atoms with E-state index in [1.54, 1.807) is 11.8 Å². The fraction of sp³-hybridized carbons (Fsp3) is 0.250. The number of aryl methyl sites for hydroxylation is 1. The number of amides is 1. The van der Waals surface area contributed by atoms with Crippen molar-refractivity contribution in [2.45, 2.75) is 48.2 Å². The van der Waals surface area contributed by atoms with E-state index < -0.39 is 15.9 Å². The molecule has 0 bridgehead atoms. The summed E-state index contributed by atoms with van der Waals surface area (Å²) < 4.78 is 33.7. The number of hydrogen-bond donors (Lipinski definition) is 1. The van der Waals surface area contributed by atoms with Crippen molar-refractivity contribution >= 4 is 39.4 Å². The molecular formula is C28H28N4O4S2. The maximum Gasteiger partial charge on any atom is 0.322 e. The van der Waals surface area contributed by atoms with Gasteiger partial charge in [0.05, 0.1) is 17.0 Å². The van der Waals surface area contributed by atoms with Gasteiger partial charge in [0.15, 0.2) is 0 Å². The molecule has 1 amide bonds. The van der Waals surface area contributed by atoms with E-state index in [2.05, 4.69) is 41.5 Å². The number of nitrogens with zero attached hydrogens (tertiary/aromatic N) is 3. The Balaban J connectivity index is 1.23. The predicted octanol–water partition coefficient (Wildman–Crippen LogP) is 5.55. The van der Waals surface area contributed by atoms with Gasteiger partial charge in [0.25, 0.3) is 15.9 Å². The Labute approximate surface area is 226 Å². The monoisotopic (exact) mass is 548 g/mol. The maximum atomic E-state index is 13.3. The van der Waals surface area contributed by atoms with Crippen LogP contribution < -0.4 is 9.62 Å². The fourth-order valence-corrected chi connectivity index (χ4v) is 6.71. The molecule has 38 heavy (non-hydrogen) atoms. The highest BCUT2D eigenvalue weighted by molar-refractivity contribution is 7.99. The SMILES string of the molecule is CC(C)Sc1ccc(Cc2nnc(NC(=O)c3ccc(S(=O)(=O)N4CCCc5ccccc54)cc3)o2)cc1. The first kappa shape index (κ1) is 26.0. The molecule has 0 aliphatic carbocycles. The summed E-state index contributed by atoms with van der Waals surface area (Å²) in [5, 5.41) is 11.0. The summed E-state index contributed by atoms with van der Waals surface area (Å²) in [5.74, 6) is -0.0876. The normalized spacial score (nSPS) is 13.4. The maximum absolute atomic E-state index is 13.3. The molecule has 1 aliphatic rings. The fourth-order valence-electron chi connectivity index (χ4n) is 4.33. The number of thioether (sulfide) groups is 1. The number of carbonyl (C=O) groups is 1. The van der Waals surface area contributed by atoms with E-state index >= 15 is 0 Å². The number of sulfonamides is 1. The van der Waals surface area contributed by atoms with Gasteiger partial charge in [0.1, 0.15) is 0 Å². The van der Waals surface area contributed by atoms with Crippen molar-refractivity contribution in [2.24, 2.45) is 0 Å². The molecule has 0 atom stereocenters. The topological polar surface area (TPSA) is 105 Å². The van der Waals surface area contributed by atoms with E-state index in [0.29, 0.717) is 29.8 Å². The first-order chi connectivity index (χ1) is 18.3. The second-order valence-electron chi connectivity index (χ2n) is 9.28. The first-order valence-electron chi connectivity index (χ1n) is 12.4. The third kappa shape index (κ3) is 5.76. The lowest BCUT2D eigenvalue weighted by Gasteiger charge is -2.30. The molecule has 1 aliphatic heterocycles. The molecule has 0 unspecified atom stereocenters. The van der Waals surface area contributed by atoms with Crippen LogP contribution in [0.15, 0.2) is 87.0 Å². The molecule has 10 heteroatoms. The van der Waals surface area contributed by atoms with Crippen LogP contribution in [0.3, 0.4) is 0 Å². The minimum Gasteiger partial charge on any atom is -0.407 e. The lowest BCUT2D eigenvalue weighted by Crippen LogP contribution is -2.35. The van der Waals surface area contributed by atoms with Crippen LogP contribution in [0.5, 0.6) is 0 Å². The second-order valence-corrected chi connectivity index (χ2v) is 12.8. The van der Waals surface area contributed by atoms with Crippen LogP contribution in [0.1, 0.15) is 47.6 Å². The van der Waals surface area contributed by atoms with Gasteiger partial charge in [0, 0.05) is 22.3 Å². The van der Waals surface area contributed by atoms with Crippen molar-refractivity contribution in [1.29, 1.82) is 0 Å². The molecule has 0 fully saturated rings. The van der Waals surface area contributed by atoms with Crippen molar-refractivity contribution in [3.8, 4) is 0 Å². The van der Waals surface area contributed by atoms with Crippen LogP contribution in [0.4, 0.5) is 11.7 Å². The molecular weight excluding hydrogens is 520 g/mol. The van der Waals surface area contributed by atoms with E-state index in [1.807, 2.05) is 36.4 Å². The van der Waals surface area contributed by atoms with Gasteiger partial charge in [-0.25, -0.2) is 8.42 Å². The molecule has 4 aromatic rings. The summed E-state index contributed by atoms with van der Waals surface area (Å²) in [4.78, 5) is 14.1. The minimum atomic E-state index is -3.75. The molecule has 196 valence electrons. The molecule has 5 rings (SSSR count). The summed E-state index contributed by atoms with van der Waals surface area (Å²) >= 11 is 1.79. The van der Waals surface area contributed by atoms with Gasteiger partial charge in [-0.1, -0.05) is 49.3 Å². The molecule has 3 aromatic carbocycles. The lowest BCUT2D eigenvalue weighted by atomic mass is 10.0. The van der Waals surface area contributed by atoms with Gasteiger partial charge in [-0.05, 0) is 66.4 Å². The average Bonchev–Trinajstić information content (AvgIpc) is 3.35. The number of nitrogens with one attached hydrogen (secondary N) is 1. The van der Waals surface area contributed by atoms with E-state index in [4.69, 9.17) is 4.42 Å². The lowest BCUT2D eigenvalue weighted by molar-refractivity contribution is 0.102. The van der Waals surface area contributed by atoms with Crippen molar-refractivity contribution in [3.63, 3.8) is 0 Å². The number of aromatic nitrogens is 2. The number of hydrogen-bond acceptors (Lipinski definition) is 7. The summed E-state index contributed by atoms with van der Waals surface area (Å²) in [6.07, 6.45) is 2.05. The number of benzene rings is 3. The van der Waals surface area contributed by atoms with Gasteiger partial charge in [0.2, 0.25) is 5.89 Å². The first-order valence-corrected chi connectivity index (χ1v) is 14.7. The van der Waals surface area contributed by atoms with Gasteiger partial charge in [-0.2, -0.15) is 0 Å². The summed E-state index contributed by atoms with van der Waals surface area (Å²) in [6.45, 7) is 4.72. The van der Waals surface area contributed by atoms with Gasteiger partial charge < -0.3 is 4.42 Å². The average molecular weight is 549 g/mol. The van der Waals surface area contributed by atoms with Crippen LogP contribution in [0.2, 0.25) is 0 Å². The van der Waals surface area contributed by atoms with Crippen molar-refractivity contribution in [2.75, 3.05) is 16.2 Å². The summed E-state index contributed by atoms with van der Waals surface area (Å²) in [7, 11) is -3.75. The Morgan fingerprint density at radius 2 is 1.76 bits per heavy atom. The largest absolute Gasteiger partial charge is 0.407 e. The number of carbonyl (C=O) groups excluding carboxylic acids is 1. The van der Waals surface area contributed by atoms with Gasteiger partial charge >= 0.3 is 6.01 Å². The number of fused-ring (bicyclic) bond motifs is 1. The van der Waals surface area contributed by atoms with Crippen LogP contribution in [-0.4, -0.2) is 36.3 Å². The molecule has 0 spiro atoms. The zero-order valence-corrected chi connectivity index (χ0v) is 22.8. The number of para-hydroxylation sites is 1. The van der Waals surface area contributed by atoms with E-state index in [0.717, 1.165) is 24.0 Å². The summed E-state index contributed by atoms with van der Waals surface area (Å²) in [5.41, 5.74) is 3.02. The van der Waals surface area contributed by atoms with Crippen molar-refractivity contribution in [1.82, 2.24) is 10.2 Å². The van der Waals surface area contributed by atoms with Crippen LogP contribution >= 0.6 is 11.8 Å². The smallest absolute Gasteiger partial charge is 0.322 e. The highest BCUT2D eigenvalue weighted by Crippen LogP contribution is 2.32. The summed E-state index contributed by atoms with van der Waals surface area (Å²) in [6, 6.07) is 21.5. The van der Waals surface area contributed by atoms with Crippen molar-refractivity contribution in [3.05, 3.63) is 95.4 Å². The number of rotatable bonds is 8. The third-order valence-electron chi connectivity index (χ3n) is 6.11. The quantitative estimate of drug-likeness (QED) is 0.288. The van der Waals surface area contributed by atoms with Gasteiger partial charge in [-0.3, -0.25) is 14.4 Å². The van der Waals surface area contributed by atoms with E-state index in [1.165, 1.54) is 33.5 Å². The highest BCUT2D eigenvalue weighted by atomic mass is 32.2. The van der Waals surface area contributed by atoms with E-state index in [9.17, 15) is 13.2 Å². The van der Waals surface area contributed by atoms with Crippen LogP contribution in [0.25, 0.3) is 0 Å². The Morgan fingerprint density at radius 1 is 1.03 bits per heavy atom.